The van der Waals surface area contributed by atoms with E-state index < -0.39 is 0 Å². The fourth-order valence-electron chi connectivity index (χ4n) is 2.63. The fraction of sp³-hybridized carbons (Fsp3) is 0.625. The molecule has 1 fully saturated rings. The third-order valence-corrected chi connectivity index (χ3v) is 3.55. The zero-order valence-corrected chi connectivity index (χ0v) is 12.4. The first-order valence-corrected chi connectivity index (χ1v) is 7.31. The van der Waals surface area contributed by atoms with Gasteiger partial charge in [-0.25, -0.2) is 0 Å². The Morgan fingerprint density at radius 2 is 1.89 bits per heavy atom. The highest BCUT2D eigenvalue weighted by Gasteiger charge is 2.25. The van der Waals surface area contributed by atoms with Crippen LogP contribution in [0.2, 0.25) is 0 Å². The lowest BCUT2D eigenvalue weighted by Crippen LogP contribution is -2.50. The summed E-state index contributed by atoms with van der Waals surface area (Å²) in [5, 5.41) is 3.39. The second kappa shape index (κ2) is 6.40. The van der Waals surface area contributed by atoms with Crippen molar-refractivity contribution in [1.29, 1.82) is 0 Å². The van der Waals surface area contributed by atoms with Crippen LogP contribution in [0.4, 0.5) is 0 Å². The van der Waals surface area contributed by atoms with Crippen LogP contribution in [0.5, 0.6) is 5.75 Å². The minimum Gasteiger partial charge on any atom is -0.486 e. The number of hydrogen-bond acceptors (Lipinski definition) is 3. The van der Waals surface area contributed by atoms with Gasteiger partial charge in [-0.2, -0.15) is 0 Å². The zero-order chi connectivity index (χ0) is 13.7. The number of hydrogen-bond donors (Lipinski definition) is 1. The first kappa shape index (κ1) is 14.4. The van der Waals surface area contributed by atoms with E-state index in [0.717, 1.165) is 44.9 Å². The Morgan fingerprint density at radius 1 is 1.21 bits per heavy atom. The third-order valence-electron chi connectivity index (χ3n) is 3.55. The largest absolute Gasteiger partial charge is 0.486 e. The molecule has 3 nitrogen and oxygen atoms in total. The molecule has 19 heavy (non-hydrogen) atoms. The number of ether oxygens (including phenoxy) is 1. The van der Waals surface area contributed by atoms with Gasteiger partial charge in [0.15, 0.2) is 0 Å². The van der Waals surface area contributed by atoms with Crippen molar-refractivity contribution >= 4 is 0 Å². The van der Waals surface area contributed by atoms with Gasteiger partial charge in [0.1, 0.15) is 11.4 Å². The quantitative estimate of drug-likeness (QED) is 0.881. The summed E-state index contributed by atoms with van der Waals surface area (Å²) >= 11 is 0. The number of benzene rings is 1. The Morgan fingerprint density at radius 3 is 2.58 bits per heavy atom. The molecule has 0 atom stereocenters. The van der Waals surface area contributed by atoms with E-state index in [1.807, 2.05) is 0 Å². The predicted octanol–water partition coefficient (Wildman–Crippen LogP) is 2.31. The van der Waals surface area contributed by atoms with Crippen molar-refractivity contribution in [2.45, 2.75) is 32.8 Å². The molecule has 2 rings (SSSR count). The van der Waals surface area contributed by atoms with E-state index >= 15 is 0 Å². The Kier molecular flexibility index (Phi) is 4.83. The molecular weight excluding hydrogens is 236 g/mol. The maximum atomic E-state index is 6.26. The second-order valence-electron chi connectivity index (χ2n) is 5.85. The van der Waals surface area contributed by atoms with Crippen molar-refractivity contribution < 1.29 is 4.74 Å². The minimum atomic E-state index is -0.150. The monoisotopic (exact) mass is 262 g/mol. The molecule has 1 aromatic rings. The Hall–Kier alpha value is -1.06. The van der Waals surface area contributed by atoms with Crippen molar-refractivity contribution in [3.63, 3.8) is 0 Å². The number of para-hydroxylation sites is 1. The van der Waals surface area contributed by atoms with Crippen LogP contribution in [0, 0.1) is 0 Å². The normalized spacial score (nSPS) is 17.4. The van der Waals surface area contributed by atoms with Crippen molar-refractivity contribution in [2.24, 2.45) is 0 Å². The van der Waals surface area contributed by atoms with Gasteiger partial charge in [0, 0.05) is 32.7 Å². The maximum absolute atomic E-state index is 6.26. The average molecular weight is 262 g/mol. The Balaban J connectivity index is 1.99. The molecule has 1 aliphatic rings. The first-order valence-electron chi connectivity index (χ1n) is 7.31. The number of piperazine rings is 1. The van der Waals surface area contributed by atoms with Gasteiger partial charge in [-0.3, -0.25) is 4.90 Å². The van der Waals surface area contributed by atoms with E-state index in [4.69, 9.17) is 4.74 Å². The van der Waals surface area contributed by atoms with Gasteiger partial charge in [-0.1, -0.05) is 25.1 Å². The van der Waals surface area contributed by atoms with Crippen molar-refractivity contribution in [3.8, 4) is 5.75 Å². The van der Waals surface area contributed by atoms with Gasteiger partial charge in [-0.05, 0) is 31.9 Å². The summed E-state index contributed by atoms with van der Waals surface area (Å²) < 4.78 is 6.26. The van der Waals surface area contributed by atoms with Gasteiger partial charge in [0.05, 0.1) is 0 Å². The Bertz CT molecular complexity index is 397. The fourth-order valence-corrected chi connectivity index (χ4v) is 2.63. The van der Waals surface area contributed by atoms with Crippen LogP contribution in [-0.4, -0.2) is 43.2 Å². The molecule has 106 valence electrons. The summed E-state index contributed by atoms with van der Waals surface area (Å²) in [6.07, 6.45) is 1.01. The van der Waals surface area contributed by atoms with Gasteiger partial charge in [-0.15, -0.1) is 0 Å². The molecule has 0 saturated carbocycles. The van der Waals surface area contributed by atoms with E-state index in [2.05, 4.69) is 55.3 Å². The highest BCUT2D eigenvalue weighted by atomic mass is 16.5. The van der Waals surface area contributed by atoms with Crippen LogP contribution in [0.1, 0.15) is 26.3 Å². The van der Waals surface area contributed by atoms with E-state index in [1.54, 1.807) is 0 Å². The highest BCUT2D eigenvalue weighted by Crippen LogP contribution is 2.24. The SMILES string of the molecule is CCc1ccccc1OC(C)(C)CN1CCNCC1. The summed E-state index contributed by atoms with van der Waals surface area (Å²) in [5.74, 6) is 1.03. The van der Waals surface area contributed by atoms with E-state index in [9.17, 15) is 0 Å². The van der Waals surface area contributed by atoms with E-state index in [1.165, 1.54) is 5.56 Å². The van der Waals surface area contributed by atoms with Crippen LogP contribution in [0.15, 0.2) is 24.3 Å². The summed E-state index contributed by atoms with van der Waals surface area (Å²) in [4.78, 5) is 2.48. The molecule has 0 bridgehead atoms. The number of rotatable bonds is 5. The zero-order valence-electron chi connectivity index (χ0n) is 12.4. The lowest BCUT2D eigenvalue weighted by Gasteiger charge is -2.35. The maximum Gasteiger partial charge on any atom is 0.123 e. The highest BCUT2D eigenvalue weighted by molar-refractivity contribution is 5.33. The number of nitrogens with one attached hydrogen (secondary N) is 1. The lowest BCUT2D eigenvalue weighted by atomic mass is 10.1. The molecule has 3 heteroatoms. The summed E-state index contributed by atoms with van der Waals surface area (Å²) in [5.41, 5.74) is 1.14. The molecule has 0 radical (unpaired) electrons. The van der Waals surface area contributed by atoms with Gasteiger partial charge in [0.25, 0.3) is 0 Å². The minimum absolute atomic E-state index is 0.150. The van der Waals surface area contributed by atoms with E-state index in [-0.39, 0.29) is 5.60 Å². The summed E-state index contributed by atoms with van der Waals surface area (Å²) in [6.45, 7) is 11.9. The second-order valence-corrected chi connectivity index (χ2v) is 5.85. The smallest absolute Gasteiger partial charge is 0.123 e. The molecular formula is C16H26N2O. The van der Waals surface area contributed by atoms with Crippen LogP contribution < -0.4 is 10.1 Å². The topological polar surface area (TPSA) is 24.5 Å². The summed E-state index contributed by atoms with van der Waals surface area (Å²) in [7, 11) is 0. The van der Waals surface area contributed by atoms with Gasteiger partial charge >= 0.3 is 0 Å². The first-order chi connectivity index (χ1) is 9.11. The van der Waals surface area contributed by atoms with Crippen LogP contribution >= 0.6 is 0 Å². The lowest BCUT2D eigenvalue weighted by molar-refractivity contribution is 0.0540. The molecule has 1 aromatic carbocycles. The van der Waals surface area contributed by atoms with Crippen molar-refractivity contribution in [1.82, 2.24) is 10.2 Å². The molecule has 0 spiro atoms. The van der Waals surface area contributed by atoms with Gasteiger partial charge in [0.2, 0.25) is 0 Å². The van der Waals surface area contributed by atoms with E-state index in [0.29, 0.717) is 0 Å². The van der Waals surface area contributed by atoms with Crippen molar-refractivity contribution in [2.75, 3.05) is 32.7 Å². The standard InChI is InChI=1S/C16H26N2O/c1-4-14-7-5-6-8-15(14)19-16(2,3)13-18-11-9-17-10-12-18/h5-8,17H,4,9-13H2,1-3H3. The molecule has 0 aromatic heterocycles. The van der Waals surface area contributed by atoms with Crippen LogP contribution in [-0.2, 0) is 6.42 Å². The van der Waals surface area contributed by atoms with Crippen molar-refractivity contribution in [3.05, 3.63) is 29.8 Å². The molecule has 0 aliphatic carbocycles. The third kappa shape index (κ3) is 4.22. The molecule has 1 heterocycles. The number of aryl methyl sites for hydroxylation is 1. The number of nitrogens with zero attached hydrogens (tertiary/aromatic N) is 1. The predicted molar refractivity (Wildman–Crippen MR) is 79.8 cm³/mol. The molecule has 1 saturated heterocycles. The molecule has 0 amide bonds. The Labute approximate surface area is 116 Å². The van der Waals surface area contributed by atoms with Crippen LogP contribution in [0.25, 0.3) is 0 Å². The van der Waals surface area contributed by atoms with Gasteiger partial charge < -0.3 is 10.1 Å². The molecule has 1 N–H and O–H groups in total. The summed E-state index contributed by atoms with van der Waals surface area (Å²) in [6, 6.07) is 8.36. The molecule has 0 unspecified atom stereocenters. The molecule has 1 aliphatic heterocycles. The average Bonchev–Trinajstić information content (AvgIpc) is 2.39. The van der Waals surface area contributed by atoms with Crippen LogP contribution in [0.3, 0.4) is 0 Å².